The molecule has 3 rings (SSSR count). The highest BCUT2D eigenvalue weighted by atomic mass is 35.5. The van der Waals surface area contributed by atoms with Crippen LogP contribution in [0.3, 0.4) is 0 Å². The van der Waals surface area contributed by atoms with Gasteiger partial charge in [0, 0.05) is 16.1 Å². The molecule has 7 nitrogen and oxygen atoms in total. The summed E-state index contributed by atoms with van der Waals surface area (Å²) in [5.74, 6) is -0.0708. The topological polar surface area (TPSA) is 84.9 Å². The van der Waals surface area contributed by atoms with Crippen molar-refractivity contribution < 1.29 is 27.1 Å². The summed E-state index contributed by atoms with van der Waals surface area (Å²) in [6.45, 7) is 2.01. The molecule has 3 aromatic carbocycles. The Morgan fingerprint density at radius 3 is 2.35 bits per heavy atom. The van der Waals surface area contributed by atoms with Gasteiger partial charge in [-0.05, 0) is 67.6 Å². The first kappa shape index (κ1) is 25.3. The molecule has 0 spiro atoms. The van der Waals surface area contributed by atoms with Crippen molar-refractivity contribution >= 4 is 38.9 Å². The molecule has 0 atom stereocenters. The fourth-order valence-corrected chi connectivity index (χ4v) is 4.33. The van der Waals surface area contributed by atoms with E-state index in [0.29, 0.717) is 34.4 Å². The average molecular weight is 507 g/mol. The third-order valence-corrected chi connectivity index (χ3v) is 6.24. The van der Waals surface area contributed by atoms with Crippen molar-refractivity contribution in [2.45, 2.75) is 13.5 Å². The number of carbonyl (C=O) groups excluding carboxylic acids is 1. The highest BCUT2D eigenvalue weighted by Crippen LogP contribution is 2.30. The minimum Gasteiger partial charge on any atom is -0.495 e. The van der Waals surface area contributed by atoms with E-state index in [1.165, 1.54) is 31.4 Å². The van der Waals surface area contributed by atoms with Crippen LogP contribution in [0.1, 0.15) is 22.8 Å². The van der Waals surface area contributed by atoms with Crippen LogP contribution in [0, 0.1) is 5.82 Å². The normalized spacial score (nSPS) is 11.1. The number of ether oxygens (including phenoxy) is 2. The molecule has 10 heteroatoms. The summed E-state index contributed by atoms with van der Waals surface area (Å²) in [6.07, 6.45) is 1.05. The lowest BCUT2D eigenvalue weighted by molar-refractivity contribution is 0.102. The van der Waals surface area contributed by atoms with Crippen molar-refractivity contribution in [2.24, 2.45) is 0 Å². The van der Waals surface area contributed by atoms with Crippen molar-refractivity contribution in [1.82, 2.24) is 0 Å². The van der Waals surface area contributed by atoms with Gasteiger partial charge in [0.25, 0.3) is 5.91 Å². The van der Waals surface area contributed by atoms with Gasteiger partial charge in [0.2, 0.25) is 10.0 Å². The van der Waals surface area contributed by atoms with E-state index in [4.69, 9.17) is 21.1 Å². The molecule has 0 aliphatic heterocycles. The van der Waals surface area contributed by atoms with Gasteiger partial charge in [0.15, 0.2) is 0 Å². The molecule has 0 unspecified atom stereocenters. The zero-order valence-electron chi connectivity index (χ0n) is 18.8. The predicted octanol–water partition coefficient (Wildman–Crippen LogP) is 5.10. The van der Waals surface area contributed by atoms with Crippen molar-refractivity contribution in [3.05, 3.63) is 82.6 Å². The van der Waals surface area contributed by atoms with Crippen LogP contribution in [0.2, 0.25) is 5.02 Å². The highest BCUT2D eigenvalue weighted by Gasteiger charge is 2.21. The van der Waals surface area contributed by atoms with Crippen LogP contribution in [0.15, 0.2) is 60.7 Å². The molecule has 0 saturated heterocycles. The van der Waals surface area contributed by atoms with Gasteiger partial charge in [0.05, 0.1) is 37.9 Å². The number of halogens is 2. The maximum atomic E-state index is 13.4. The Balaban J connectivity index is 1.97. The number of carbonyl (C=O) groups is 1. The fraction of sp³-hybridized carbons (Fsp3) is 0.208. The Labute approximate surface area is 203 Å². The van der Waals surface area contributed by atoms with Crippen LogP contribution < -0.4 is 19.1 Å². The summed E-state index contributed by atoms with van der Waals surface area (Å²) in [4.78, 5) is 13.0. The Kier molecular flexibility index (Phi) is 8.01. The summed E-state index contributed by atoms with van der Waals surface area (Å²) >= 11 is 6.04. The fourth-order valence-electron chi connectivity index (χ4n) is 3.28. The van der Waals surface area contributed by atoms with Crippen molar-refractivity contribution in [3.8, 4) is 11.5 Å². The molecule has 0 bridgehead atoms. The van der Waals surface area contributed by atoms with E-state index < -0.39 is 21.7 Å². The molecule has 1 N–H and O–H groups in total. The number of nitrogens with one attached hydrogen (secondary N) is 1. The van der Waals surface area contributed by atoms with E-state index in [2.05, 4.69) is 5.32 Å². The van der Waals surface area contributed by atoms with Gasteiger partial charge in [0.1, 0.15) is 17.3 Å². The minimum absolute atomic E-state index is 0.124. The maximum absolute atomic E-state index is 13.4. The zero-order valence-corrected chi connectivity index (χ0v) is 20.4. The second-order valence-electron chi connectivity index (χ2n) is 7.30. The minimum atomic E-state index is -3.73. The van der Waals surface area contributed by atoms with Crippen LogP contribution in [-0.4, -0.2) is 34.3 Å². The number of amides is 1. The van der Waals surface area contributed by atoms with Gasteiger partial charge in [-0.2, -0.15) is 0 Å². The number of anilines is 2. The lowest BCUT2D eigenvalue weighted by Crippen LogP contribution is -2.29. The van der Waals surface area contributed by atoms with E-state index in [0.717, 1.165) is 10.6 Å². The number of hydrogen-bond acceptors (Lipinski definition) is 5. The number of hydrogen-bond donors (Lipinski definition) is 1. The Morgan fingerprint density at radius 2 is 1.74 bits per heavy atom. The molecular weight excluding hydrogens is 483 g/mol. The third kappa shape index (κ3) is 6.18. The van der Waals surface area contributed by atoms with Gasteiger partial charge in [-0.3, -0.25) is 9.10 Å². The van der Waals surface area contributed by atoms with Gasteiger partial charge in [-0.25, -0.2) is 12.8 Å². The molecule has 34 heavy (non-hydrogen) atoms. The Morgan fingerprint density at radius 1 is 1.06 bits per heavy atom. The second kappa shape index (κ2) is 10.8. The van der Waals surface area contributed by atoms with Crippen LogP contribution in [0.25, 0.3) is 0 Å². The van der Waals surface area contributed by atoms with Gasteiger partial charge in [-0.1, -0.05) is 11.6 Å². The third-order valence-electron chi connectivity index (χ3n) is 4.86. The van der Waals surface area contributed by atoms with Gasteiger partial charge in [-0.15, -0.1) is 0 Å². The Bertz CT molecular complexity index is 1280. The number of nitrogens with zero attached hydrogens (tertiary/aromatic N) is 1. The van der Waals surface area contributed by atoms with E-state index in [-0.39, 0.29) is 17.8 Å². The second-order valence-corrected chi connectivity index (χ2v) is 9.64. The summed E-state index contributed by atoms with van der Waals surface area (Å²) in [5, 5.41) is 3.18. The monoisotopic (exact) mass is 506 g/mol. The molecule has 3 aromatic rings. The van der Waals surface area contributed by atoms with Crippen LogP contribution in [0.5, 0.6) is 11.5 Å². The SMILES string of the molecule is CCOc1ccc(C(=O)Nc2cc(Cl)ccc2OC)cc1CN(c1ccc(F)cc1)S(C)(=O)=O. The molecule has 0 aliphatic carbocycles. The standard InChI is InChI=1S/C24H24ClFN2O5S/c1-4-33-22-11-5-16(24(29)27-21-14-18(25)6-12-23(21)32-2)13-17(22)15-28(34(3,30)31)20-9-7-19(26)8-10-20/h5-14H,4,15H2,1-3H3,(H,27,29). The molecule has 180 valence electrons. The molecule has 0 aromatic heterocycles. The first-order chi connectivity index (χ1) is 16.1. The number of benzene rings is 3. The lowest BCUT2D eigenvalue weighted by atomic mass is 10.1. The van der Waals surface area contributed by atoms with Crippen LogP contribution in [0.4, 0.5) is 15.8 Å². The average Bonchev–Trinajstić information content (AvgIpc) is 2.78. The molecule has 0 radical (unpaired) electrons. The first-order valence-electron chi connectivity index (χ1n) is 10.3. The molecule has 1 amide bonds. The molecule has 0 fully saturated rings. The number of methoxy groups -OCH3 is 1. The van der Waals surface area contributed by atoms with Gasteiger partial charge >= 0.3 is 0 Å². The molecule has 0 heterocycles. The van der Waals surface area contributed by atoms with Gasteiger partial charge < -0.3 is 14.8 Å². The van der Waals surface area contributed by atoms with E-state index >= 15 is 0 Å². The van der Waals surface area contributed by atoms with Crippen molar-refractivity contribution in [1.29, 1.82) is 0 Å². The summed E-state index contributed by atoms with van der Waals surface area (Å²) in [5.41, 5.74) is 1.40. The van der Waals surface area contributed by atoms with E-state index in [9.17, 15) is 17.6 Å². The van der Waals surface area contributed by atoms with Crippen LogP contribution in [-0.2, 0) is 16.6 Å². The van der Waals surface area contributed by atoms with E-state index in [1.807, 2.05) is 0 Å². The molecule has 0 aliphatic rings. The number of rotatable bonds is 9. The lowest BCUT2D eigenvalue weighted by Gasteiger charge is -2.24. The molecular formula is C24H24ClFN2O5S. The predicted molar refractivity (Wildman–Crippen MR) is 131 cm³/mol. The smallest absolute Gasteiger partial charge is 0.255 e. The summed E-state index contributed by atoms with van der Waals surface area (Å²) < 4.78 is 50.5. The first-order valence-corrected chi connectivity index (χ1v) is 12.5. The van der Waals surface area contributed by atoms with Crippen molar-refractivity contribution in [2.75, 3.05) is 29.6 Å². The summed E-state index contributed by atoms with van der Waals surface area (Å²) in [7, 11) is -2.26. The quantitative estimate of drug-likeness (QED) is 0.436. The Hall–Kier alpha value is -3.30. The largest absolute Gasteiger partial charge is 0.495 e. The summed E-state index contributed by atoms with van der Waals surface area (Å²) in [6, 6.07) is 14.7. The highest BCUT2D eigenvalue weighted by molar-refractivity contribution is 7.92. The maximum Gasteiger partial charge on any atom is 0.255 e. The molecule has 0 saturated carbocycles. The number of sulfonamides is 1. The van der Waals surface area contributed by atoms with Crippen molar-refractivity contribution in [3.63, 3.8) is 0 Å². The van der Waals surface area contributed by atoms with E-state index in [1.54, 1.807) is 43.3 Å². The van der Waals surface area contributed by atoms with Crippen LogP contribution >= 0.6 is 11.6 Å². The zero-order chi connectivity index (χ0) is 24.9.